The molecule has 1 N–H and O–H groups in total. The highest BCUT2D eigenvalue weighted by Crippen LogP contribution is 2.13. The van der Waals surface area contributed by atoms with Crippen molar-refractivity contribution in [1.82, 2.24) is 9.91 Å². The number of aliphatic hydroxyl groups excluding tert-OH is 1. The molecule has 2 aliphatic rings. The molecular formula is C11H17N3O4. The van der Waals surface area contributed by atoms with Crippen molar-refractivity contribution in [1.29, 1.82) is 0 Å². The third kappa shape index (κ3) is 2.51. The zero-order valence-electron chi connectivity index (χ0n) is 10.3. The Bertz CT molecular complexity index is 382. The van der Waals surface area contributed by atoms with Gasteiger partial charge in [0.2, 0.25) is 5.91 Å². The molecule has 7 heteroatoms. The Balaban J connectivity index is 2.10. The molecule has 1 atom stereocenters. The van der Waals surface area contributed by atoms with E-state index in [2.05, 4.69) is 5.10 Å². The fraction of sp³-hybridized carbons (Fsp3) is 0.727. The van der Waals surface area contributed by atoms with Gasteiger partial charge in [-0.15, -0.1) is 0 Å². The van der Waals surface area contributed by atoms with E-state index in [9.17, 15) is 14.7 Å². The molecule has 1 unspecified atom stereocenters. The fourth-order valence-corrected chi connectivity index (χ4v) is 2.06. The van der Waals surface area contributed by atoms with E-state index < -0.39 is 0 Å². The Morgan fingerprint density at radius 1 is 1.56 bits per heavy atom. The van der Waals surface area contributed by atoms with Gasteiger partial charge in [0.05, 0.1) is 25.9 Å². The van der Waals surface area contributed by atoms with Gasteiger partial charge in [0.25, 0.3) is 5.91 Å². The summed E-state index contributed by atoms with van der Waals surface area (Å²) in [4.78, 5) is 25.1. The lowest BCUT2D eigenvalue weighted by atomic mass is 10.1. The fourth-order valence-electron chi connectivity index (χ4n) is 2.06. The van der Waals surface area contributed by atoms with Crippen molar-refractivity contribution in [2.75, 3.05) is 33.4 Å². The average molecular weight is 255 g/mol. The third-order valence-corrected chi connectivity index (χ3v) is 3.15. The lowest BCUT2D eigenvalue weighted by molar-refractivity contribution is -0.135. The molecule has 0 aromatic rings. The van der Waals surface area contributed by atoms with Crippen LogP contribution in [0.4, 0.5) is 0 Å². The van der Waals surface area contributed by atoms with Crippen LogP contribution in [0.15, 0.2) is 5.10 Å². The van der Waals surface area contributed by atoms with Gasteiger partial charge < -0.3 is 14.7 Å². The molecule has 1 fully saturated rings. The predicted octanol–water partition coefficient (Wildman–Crippen LogP) is -1.19. The van der Waals surface area contributed by atoms with Gasteiger partial charge in [-0.3, -0.25) is 9.59 Å². The predicted molar refractivity (Wildman–Crippen MR) is 62.8 cm³/mol. The van der Waals surface area contributed by atoms with Gasteiger partial charge in [-0.05, 0) is 0 Å². The number of aliphatic hydroxyl groups is 1. The number of rotatable bonds is 2. The summed E-state index contributed by atoms with van der Waals surface area (Å²) >= 11 is 0. The molecular weight excluding hydrogens is 238 g/mol. The number of amides is 2. The van der Waals surface area contributed by atoms with Gasteiger partial charge in [-0.1, -0.05) is 0 Å². The summed E-state index contributed by atoms with van der Waals surface area (Å²) in [6, 6.07) is -0.322. The minimum Gasteiger partial charge on any atom is -0.394 e. The average Bonchev–Trinajstić information content (AvgIpc) is 2.41. The Morgan fingerprint density at radius 3 is 3.00 bits per heavy atom. The largest absolute Gasteiger partial charge is 0.394 e. The maximum Gasteiger partial charge on any atom is 0.270 e. The van der Waals surface area contributed by atoms with Gasteiger partial charge in [-0.25, -0.2) is 5.01 Å². The van der Waals surface area contributed by atoms with E-state index >= 15 is 0 Å². The van der Waals surface area contributed by atoms with Crippen molar-refractivity contribution in [3.63, 3.8) is 0 Å². The summed E-state index contributed by atoms with van der Waals surface area (Å²) < 4.78 is 5.22. The monoisotopic (exact) mass is 255 g/mol. The number of carbonyl (C=O) groups is 2. The second-order valence-electron chi connectivity index (χ2n) is 4.37. The molecule has 2 aliphatic heterocycles. The zero-order valence-corrected chi connectivity index (χ0v) is 10.3. The van der Waals surface area contributed by atoms with Crippen molar-refractivity contribution in [3.05, 3.63) is 0 Å². The van der Waals surface area contributed by atoms with Crippen LogP contribution in [0.2, 0.25) is 0 Å². The number of carbonyl (C=O) groups excluding carboxylic acids is 2. The number of ether oxygens (including phenoxy) is 1. The molecule has 0 bridgehead atoms. The summed E-state index contributed by atoms with van der Waals surface area (Å²) in [7, 11) is 1.54. The van der Waals surface area contributed by atoms with Crippen LogP contribution in [-0.4, -0.2) is 72.0 Å². The first-order valence-electron chi connectivity index (χ1n) is 5.97. The minimum atomic E-state index is -0.322. The second-order valence-corrected chi connectivity index (χ2v) is 4.37. The normalized spacial score (nSPS) is 25.1. The topological polar surface area (TPSA) is 82.4 Å². The zero-order chi connectivity index (χ0) is 13.1. The van der Waals surface area contributed by atoms with Gasteiger partial charge in [0, 0.05) is 26.4 Å². The summed E-state index contributed by atoms with van der Waals surface area (Å²) in [5, 5.41) is 14.4. The van der Waals surface area contributed by atoms with Crippen LogP contribution in [-0.2, 0) is 14.3 Å². The molecule has 2 heterocycles. The van der Waals surface area contributed by atoms with Crippen LogP contribution in [0.25, 0.3) is 0 Å². The van der Waals surface area contributed by atoms with E-state index in [4.69, 9.17) is 4.74 Å². The maximum absolute atomic E-state index is 12.3. The number of hydrogen-bond donors (Lipinski definition) is 1. The molecule has 0 spiro atoms. The van der Waals surface area contributed by atoms with Crippen LogP contribution in [0, 0.1) is 0 Å². The standard InChI is InChI=1S/C11H17N3O4/c1-13-10(16)3-2-9(12-13)11(17)14-4-5-18-7-8(14)6-15/h8,15H,2-7H2,1H3. The van der Waals surface area contributed by atoms with E-state index in [1.165, 1.54) is 12.1 Å². The molecule has 0 aliphatic carbocycles. The van der Waals surface area contributed by atoms with Crippen molar-refractivity contribution >= 4 is 17.5 Å². The highest BCUT2D eigenvalue weighted by Gasteiger charge is 2.31. The highest BCUT2D eigenvalue weighted by molar-refractivity contribution is 6.39. The molecule has 0 aromatic carbocycles. The molecule has 0 saturated carbocycles. The van der Waals surface area contributed by atoms with Crippen molar-refractivity contribution in [3.8, 4) is 0 Å². The molecule has 1 saturated heterocycles. The molecule has 18 heavy (non-hydrogen) atoms. The summed E-state index contributed by atoms with van der Waals surface area (Å²) in [6.45, 7) is 1.11. The van der Waals surface area contributed by atoms with E-state index in [0.717, 1.165) is 0 Å². The van der Waals surface area contributed by atoms with Crippen molar-refractivity contribution in [2.45, 2.75) is 18.9 Å². The van der Waals surface area contributed by atoms with Crippen LogP contribution < -0.4 is 0 Å². The second kappa shape index (κ2) is 5.45. The molecule has 2 rings (SSSR count). The quantitative estimate of drug-likeness (QED) is 0.673. The number of hydrazone groups is 1. The van der Waals surface area contributed by atoms with E-state index in [1.807, 2.05) is 0 Å². The Labute approximate surface area is 105 Å². The summed E-state index contributed by atoms with van der Waals surface area (Å²) in [5.41, 5.74) is 0.373. The van der Waals surface area contributed by atoms with Gasteiger partial charge in [-0.2, -0.15) is 5.10 Å². The summed E-state index contributed by atoms with van der Waals surface area (Å²) in [6.07, 6.45) is 0.659. The molecule has 100 valence electrons. The van der Waals surface area contributed by atoms with E-state index in [0.29, 0.717) is 38.3 Å². The Kier molecular flexibility index (Phi) is 3.93. The number of morpholine rings is 1. The molecule has 0 aromatic heterocycles. The van der Waals surface area contributed by atoms with Gasteiger partial charge in [0.1, 0.15) is 5.71 Å². The highest BCUT2D eigenvalue weighted by atomic mass is 16.5. The van der Waals surface area contributed by atoms with Crippen molar-refractivity contribution in [2.24, 2.45) is 5.10 Å². The first-order chi connectivity index (χ1) is 8.63. The molecule has 7 nitrogen and oxygen atoms in total. The molecule has 0 radical (unpaired) electrons. The smallest absolute Gasteiger partial charge is 0.270 e. The van der Waals surface area contributed by atoms with E-state index in [-0.39, 0.29) is 24.5 Å². The molecule has 2 amide bonds. The van der Waals surface area contributed by atoms with Gasteiger partial charge >= 0.3 is 0 Å². The van der Waals surface area contributed by atoms with Crippen molar-refractivity contribution < 1.29 is 19.4 Å². The SMILES string of the molecule is CN1N=C(C(=O)N2CCOCC2CO)CCC1=O. The maximum atomic E-state index is 12.3. The minimum absolute atomic E-state index is 0.0905. The third-order valence-electron chi connectivity index (χ3n) is 3.15. The lowest BCUT2D eigenvalue weighted by Crippen LogP contribution is -2.53. The van der Waals surface area contributed by atoms with E-state index in [1.54, 1.807) is 4.90 Å². The van der Waals surface area contributed by atoms with Gasteiger partial charge in [0.15, 0.2) is 0 Å². The first-order valence-corrected chi connectivity index (χ1v) is 5.97. The Morgan fingerprint density at radius 2 is 2.33 bits per heavy atom. The lowest BCUT2D eigenvalue weighted by Gasteiger charge is -2.35. The first kappa shape index (κ1) is 13.0. The van der Waals surface area contributed by atoms with Crippen LogP contribution >= 0.6 is 0 Å². The van der Waals surface area contributed by atoms with Crippen LogP contribution in [0.3, 0.4) is 0 Å². The van der Waals surface area contributed by atoms with Crippen LogP contribution in [0.1, 0.15) is 12.8 Å². The van der Waals surface area contributed by atoms with Crippen LogP contribution in [0.5, 0.6) is 0 Å². The number of hydrogen-bond acceptors (Lipinski definition) is 5. The number of nitrogens with zero attached hydrogens (tertiary/aromatic N) is 3. The summed E-state index contributed by atoms with van der Waals surface area (Å²) in [5.74, 6) is -0.302. The Hall–Kier alpha value is -1.47.